The van der Waals surface area contributed by atoms with Crippen LogP contribution in [0.25, 0.3) is 0 Å². The quantitative estimate of drug-likeness (QED) is 0.894. The number of benzene rings is 1. The molecule has 0 bridgehead atoms. The van der Waals surface area contributed by atoms with Gasteiger partial charge in [0.1, 0.15) is 0 Å². The van der Waals surface area contributed by atoms with Gasteiger partial charge in [-0.25, -0.2) is 0 Å². The Hall–Kier alpha value is -1.51. The Morgan fingerprint density at radius 3 is 2.80 bits per heavy atom. The minimum Gasteiger partial charge on any atom is -0.388 e. The van der Waals surface area contributed by atoms with E-state index in [1.165, 1.54) is 32.1 Å². The number of nitrogens with zero attached hydrogens (tertiary/aromatic N) is 1. The van der Waals surface area contributed by atoms with Gasteiger partial charge < -0.3 is 10.2 Å². The number of likely N-dealkylation sites (tertiary alicyclic amines) is 1. The van der Waals surface area contributed by atoms with Gasteiger partial charge in [0.15, 0.2) is 0 Å². The lowest BCUT2D eigenvalue weighted by Crippen LogP contribution is -2.39. The van der Waals surface area contributed by atoms with E-state index in [1.807, 2.05) is 26.1 Å². The fourth-order valence-corrected chi connectivity index (χ4v) is 3.87. The van der Waals surface area contributed by atoms with Gasteiger partial charge in [0, 0.05) is 30.9 Å². The van der Waals surface area contributed by atoms with E-state index in [0.29, 0.717) is 6.04 Å². The van der Waals surface area contributed by atoms with Crippen molar-refractivity contribution in [1.29, 1.82) is 0 Å². The normalized spacial score (nSPS) is 25.4. The third-order valence-corrected chi connectivity index (χ3v) is 5.02. The predicted molar refractivity (Wildman–Crippen MR) is 82.1 cm³/mol. The summed E-state index contributed by atoms with van der Waals surface area (Å²) in [7, 11) is 1.91. The van der Waals surface area contributed by atoms with Gasteiger partial charge in [0.05, 0.1) is 0 Å². The molecule has 3 rings (SSSR count). The molecular weight excluding hydrogens is 248 g/mol. The van der Waals surface area contributed by atoms with Gasteiger partial charge in [0.2, 0.25) is 0 Å². The summed E-state index contributed by atoms with van der Waals surface area (Å²) in [4.78, 5) is 15.0. The smallest absolute Gasteiger partial charge is 0.254 e. The molecule has 2 unspecified atom stereocenters. The minimum absolute atomic E-state index is 0.236. The topological polar surface area (TPSA) is 32.3 Å². The largest absolute Gasteiger partial charge is 0.388 e. The van der Waals surface area contributed by atoms with Crippen molar-refractivity contribution in [3.05, 3.63) is 29.3 Å². The van der Waals surface area contributed by atoms with Gasteiger partial charge in [-0.05, 0) is 55.9 Å². The molecule has 1 heterocycles. The van der Waals surface area contributed by atoms with E-state index in [9.17, 15) is 4.79 Å². The van der Waals surface area contributed by atoms with Crippen LogP contribution < -0.4 is 5.32 Å². The highest BCUT2D eigenvalue weighted by Gasteiger charge is 2.38. The van der Waals surface area contributed by atoms with E-state index < -0.39 is 0 Å². The first kappa shape index (κ1) is 13.5. The highest BCUT2D eigenvalue weighted by atomic mass is 16.2. The lowest BCUT2D eigenvalue weighted by atomic mass is 9.85. The van der Waals surface area contributed by atoms with Crippen LogP contribution in [-0.2, 0) is 0 Å². The number of rotatable bonds is 2. The fourth-order valence-electron chi connectivity index (χ4n) is 3.87. The van der Waals surface area contributed by atoms with Crippen molar-refractivity contribution in [1.82, 2.24) is 4.90 Å². The summed E-state index contributed by atoms with van der Waals surface area (Å²) in [6.45, 7) is 2.98. The fraction of sp³-hybridized carbons (Fsp3) is 0.588. The van der Waals surface area contributed by atoms with Crippen molar-refractivity contribution >= 4 is 11.6 Å². The van der Waals surface area contributed by atoms with Crippen LogP contribution in [0.1, 0.15) is 48.0 Å². The van der Waals surface area contributed by atoms with Crippen molar-refractivity contribution in [2.45, 2.75) is 45.1 Å². The monoisotopic (exact) mass is 272 g/mol. The number of hydrogen-bond acceptors (Lipinski definition) is 2. The van der Waals surface area contributed by atoms with Crippen molar-refractivity contribution in [2.75, 3.05) is 18.9 Å². The molecule has 1 aliphatic carbocycles. The molecule has 0 aromatic heterocycles. The second kappa shape index (κ2) is 5.47. The summed E-state index contributed by atoms with van der Waals surface area (Å²) in [5, 5.41) is 3.12. The average molecular weight is 272 g/mol. The summed E-state index contributed by atoms with van der Waals surface area (Å²) in [6, 6.07) is 6.52. The van der Waals surface area contributed by atoms with E-state index in [1.54, 1.807) is 0 Å². The lowest BCUT2D eigenvalue weighted by Gasteiger charge is -2.32. The number of amides is 1. The van der Waals surface area contributed by atoms with Gasteiger partial charge >= 0.3 is 0 Å². The summed E-state index contributed by atoms with van der Waals surface area (Å²) in [5.41, 5.74) is 3.01. The summed E-state index contributed by atoms with van der Waals surface area (Å²) >= 11 is 0. The number of carbonyl (C=O) groups is 1. The van der Waals surface area contributed by atoms with E-state index in [-0.39, 0.29) is 5.91 Å². The maximum absolute atomic E-state index is 12.8. The Bertz CT molecular complexity index is 512. The van der Waals surface area contributed by atoms with E-state index in [4.69, 9.17) is 0 Å². The maximum Gasteiger partial charge on any atom is 0.254 e. The Kier molecular flexibility index (Phi) is 3.68. The lowest BCUT2D eigenvalue weighted by molar-refractivity contribution is 0.0689. The molecule has 1 N–H and O–H groups in total. The molecular formula is C17H24N2O. The van der Waals surface area contributed by atoms with E-state index in [2.05, 4.69) is 16.3 Å². The number of nitrogens with one attached hydrogen (secondary N) is 1. The van der Waals surface area contributed by atoms with Crippen LogP contribution in [0.3, 0.4) is 0 Å². The van der Waals surface area contributed by atoms with Gasteiger partial charge in [-0.1, -0.05) is 12.8 Å². The summed E-state index contributed by atoms with van der Waals surface area (Å²) in [6.07, 6.45) is 6.34. The first-order chi connectivity index (χ1) is 9.70. The van der Waals surface area contributed by atoms with Crippen molar-refractivity contribution in [2.24, 2.45) is 5.92 Å². The van der Waals surface area contributed by atoms with Crippen LogP contribution in [0.4, 0.5) is 5.69 Å². The van der Waals surface area contributed by atoms with Crippen molar-refractivity contribution in [3.8, 4) is 0 Å². The molecule has 3 heteroatoms. The highest BCUT2D eigenvalue weighted by Crippen LogP contribution is 2.37. The van der Waals surface area contributed by atoms with E-state index in [0.717, 1.165) is 29.3 Å². The van der Waals surface area contributed by atoms with Crippen LogP contribution in [0.5, 0.6) is 0 Å². The van der Waals surface area contributed by atoms with Crippen LogP contribution in [0.15, 0.2) is 18.2 Å². The summed E-state index contributed by atoms with van der Waals surface area (Å²) in [5.74, 6) is 0.990. The molecule has 1 amide bonds. The zero-order valence-electron chi connectivity index (χ0n) is 12.5. The number of fused-ring (bicyclic) bond motifs is 1. The number of hydrogen-bond donors (Lipinski definition) is 1. The zero-order valence-corrected chi connectivity index (χ0v) is 12.5. The molecule has 0 spiro atoms. The highest BCUT2D eigenvalue weighted by molar-refractivity contribution is 5.96. The number of aryl methyl sites for hydroxylation is 1. The van der Waals surface area contributed by atoms with Gasteiger partial charge in [-0.3, -0.25) is 4.79 Å². The molecule has 108 valence electrons. The number of anilines is 1. The summed E-state index contributed by atoms with van der Waals surface area (Å²) < 4.78 is 0. The van der Waals surface area contributed by atoms with Gasteiger partial charge in [0.25, 0.3) is 5.91 Å². The van der Waals surface area contributed by atoms with Gasteiger partial charge in [-0.15, -0.1) is 0 Å². The molecule has 20 heavy (non-hydrogen) atoms. The first-order valence-corrected chi connectivity index (χ1v) is 7.80. The molecule has 1 aromatic rings. The third-order valence-electron chi connectivity index (χ3n) is 5.02. The zero-order chi connectivity index (χ0) is 14.1. The third kappa shape index (κ3) is 2.30. The van der Waals surface area contributed by atoms with Crippen LogP contribution in [0.2, 0.25) is 0 Å². The number of carbonyl (C=O) groups excluding carboxylic acids is 1. The van der Waals surface area contributed by atoms with Crippen molar-refractivity contribution in [3.63, 3.8) is 0 Å². The standard InChI is InChI=1S/C17H24N2O/c1-12-11-14(18-2)7-8-15(12)17(20)19-10-9-13-5-3-4-6-16(13)19/h7-8,11,13,16,18H,3-6,9-10H2,1-2H3. The minimum atomic E-state index is 0.236. The Morgan fingerprint density at radius 1 is 1.25 bits per heavy atom. The molecule has 2 fully saturated rings. The second-order valence-corrected chi connectivity index (χ2v) is 6.18. The molecule has 1 aliphatic heterocycles. The Morgan fingerprint density at radius 2 is 2.05 bits per heavy atom. The average Bonchev–Trinajstić information content (AvgIpc) is 2.90. The molecule has 3 nitrogen and oxygen atoms in total. The van der Waals surface area contributed by atoms with Crippen LogP contribution >= 0.6 is 0 Å². The van der Waals surface area contributed by atoms with Crippen LogP contribution in [-0.4, -0.2) is 30.4 Å². The SMILES string of the molecule is CNc1ccc(C(=O)N2CCC3CCCCC32)c(C)c1. The molecule has 1 aromatic carbocycles. The second-order valence-electron chi connectivity index (χ2n) is 6.18. The first-order valence-electron chi connectivity index (χ1n) is 7.80. The van der Waals surface area contributed by atoms with Crippen molar-refractivity contribution < 1.29 is 4.79 Å². The predicted octanol–water partition coefficient (Wildman–Crippen LogP) is 3.44. The Balaban J connectivity index is 1.82. The maximum atomic E-state index is 12.8. The molecule has 1 saturated heterocycles. The van der Waals surface area contributed by atoms with Crippen LogP contribution in [0, 0.1) is 12.8 Å². The molecule has 1 saturated carbocycles. The molecule has 0 radical (unpaired) electrons. The Labute approximate surface area is 121 Å². The van der Waals surface area contributed by atoms with Gasteiger partial charge in [-0.2, -0.15) is 0 Å². The molecule has 2 aliphatic rings. The molecule has 2 atom stereocenters. The van der Waals surface area contributed by atoms with E-state index >= 15 is 0 Å².